The number of hydrogen-bond acceptors (Lipinski definition) is 4. The van der Waals surface area contributed by atoms with E-state index in [1.807, 2.05) is 12.4 Å². The summed E-state index contributed by atoms with van der Waals surface area (Å²) in [5, 5.41) is 8.00. The zero-order chi connectivity index (χ0) is 18.9. The molecule has 1 amide bonds. The highest BCUT2D eigenvalue weighted by molar-refractivity contribution is 5.93. The average Bonchev–Trinajstić information content (AvgIpc) is 3.43. The second-order valence-corrected chi connectivity index (χ2v) is 7.91. The zero-order valence-electron chi connectivity index (χ0n) is 16.0. The summed E-state index contributed by atoms with van der Waals surface area (Å²) in [5.74, 6) is 0.637. The molecule has 0 bridgehead atoms. The third kappa shape index (κ3) is 3.15. The predicted molar refractivity (Wildman–Crippen MR) is 109 cm³/mol. The van der Waals surface area contributed by atoms with E-state index < -0.39 is 0 Å². The summed E-state index contributed by atoms with van der Waals surface area (Å²) >= 11 is 0. The standard InChI is InChI=1S/C21H26N6O/c28-21(15-4-2-1-3-5-15)27-10-8-26(9-11-27)19-6-7-22-20-17(19)12-18(25-20)16-13-23-24-14-16/h6-7,12-15H,1-5,8-11H2,(H,22,25)(H,23,24). The van der Waals surface area contributed by atoms with Gasteiger partial charge in [-0.1, -0.05) is 19.3 Å². The Labute approximate surface area is 164 Å². The van der Waals surface area contributed by atoms with Crippen LogP contribution in [0.25, 0.3) is 22.3 Å². The first-order valence-electron chi connectivity index (χ1n) is 10.3. The molecule has 1 saturated carbocycles. The van der Waals surface area contributed by atoms with E-state index in [0.29, 0.717) is 5.91 Å². The molecule has 28 heavy (non-hydrogen) atoms. The van der Waals surface area contributed by atoms with Gasteiger partial charge in [0.15, 0.2) is 0 Å². The Hall–Kier alpha value is -2.83. The number of rotatable bonds is 3. The van der Waals surface area contributed by atoms with Crippen molar-refractivity contribution in [2.24, 2.45) is 5.92 Å². The highest BCUT2D eigenvalue weighted by Gasteiger charge is 2.29. The SMILES string of the molecule is O=C(C1CCCCC1)N1CCN(c2ccnc3[nH]c(-c4cn[nH]c4)cc23)CC1. The van der Waals surface area contributed by atoms with Gasteiger partial charge < -0.3 is 14.8 Å². The van der Waals surface area contributed by atoms with Gasteiger partial charge in [-0.15, -0.1) is 0 Å². The number of amides is 1. The summed E-state index contributed by atoms with van der Waals surface area (Å²) in [7, 11) is 0. The van der Waals surface area contributed by atoms with Crippen LogP contribution in [0.1, 0.15) is 32.1 Å². The molecule has 0 aromatic carbocycles. The molecule has 7 heteroatoms. The highest BCUT2D eigenvalue weighted by Crippen LogP contribution is 2.31. The lowest BCUT2D eigenvalue weighted by Crippen LogP contribution is -2.50. The van der Waals surface area contributed by atoms with Crippen molar-refractivity contribution in [2.45, 2.75) is 32.1 Å². The van der Waals surface area contributed by atoms with Gasteiger partial charge in [-0.05, 0) is 25.0 Å². The minimum Gasteiger partial charge on any atom is -0.367 e. The lowest BCUT2D eigenvalue weighted by atomic mass is 9.88. The lowest BCUT2D eigenvalue weighted by molar-refractivity contribution is -0.136. The van der Waals surface area contributed by atoms with Crippen molar-refractivity contribution in [2.75, 3.05) is 31.1 Å². The van der Waals surface area contributed by atoms with Crippen LogP contribution in [0.4, 0.5) is 5.69 Å². The highest BCUT2D eigenvalue weighted by atomic mass is 16.2. The maximum absolute atomic E-state index is 12.8. The summed E-state index contributed by atoms with van der Waals surface area (Å²) in [6.45, 7) is 3.34. The Morgan fingerprint density at radius 3 is 2.68 bits per heavy atom. The number of piperazine rings is 1. The largest absolute Gasteiger partial charge is 0.367 e. The van der Waals surface area contributed by atoms with Crippen molar-refractivity contribution in [3.05, 3.63) is 30.7 Å². The van der Waals surface area contributed by atoms with Crippen molar-refractivity contribution in [1.29, 1.82) is 0 Å². The zero-order valence-corrected chi connectivity index (χ0v) is 16.0. The molecule has 1 saturated heterocycles. The molecule has 2 fully saturated rings. The number of aromatic amines is 2. The van der Waals surface area contributed by atoms with E-state index in [2.05, 4.69) is 42.1 Å². The fraction of sp³-hybridized carbons (Fsp3) is 0.476. The lowest BCUT2D eigenvalue weighted by Gasteiger charge is -2.38. The smallest absolute Gasteiger partial charge is 0.225 e. The number of nitrogens with zero attached hydrogens (tertiary/aromatic N) is 4. The Morgan fingerprint density at radius 2 is 1.93 bits per heavy atom. The van der Waals surface area contributed by atoms with Crippen LogP contribution in [0, 0.1) is 5.92 Å². The van der Waals surface area contributed by atoms with E-state index in [-0.39, 0.29) is 5.92 Å². The molecule has 4 heterocycles. The molecule has 5 rings (SSSR count). The quantitative estimate of drug-likeness (QED) is 0.733. The van der Waals surface area contributed by atoms with Crippen LogP contribution in [-0.2, 0) is 4.79 Å². The summed E-state index contributed by atoms with van der Waals surface area (Å²) in [5.41, 5.74) is 4.09. The van der Waals surface area contributed by atoms with E-state index in [9.17, 15) is 4.79 Å². The summed E-state index contributed by atoms with van der Waals surface area (Å²) < 4.78 is 0. The van der Waals surface area contributed by atoms with Crippen LogP contribution in [0.3, 0.4) is 0 Å². The molecule has 0 unspecified atom stereocenters. The molecule has 2 N–H and O–H groups in total. The van der Waals surface area contributed by atoms with Gasteiger partial charge in [0.1, 0.15) is 5.65 Å². The van der Waals surface area contributed by atoms with Gasteiger partial charge >= 0.3 is 0 Å². The van der Waals surface area contributed by atoms with Gasteiger partial charge in [0, 0.05) is 61.1 Å². The summed E-state index contributed by atoms with van der Waals surface area (Å²) in [4.78, 5) is 25.2. The van der Waals surface area contributed by atoms with Crippen molar-refractivity contribution >= 4 is 22.6 Å². The number of anilines is 1. The van der Waals surface area contributed by atoms with Crippen LogP contribution in [0.5, 0.6) is 0 Å². The Bertz CT molecular complexity index is 949. The van der Waals surface area contributed by atoms with Crippen LogP contribution in [0.15, 0.2) is 30.7 Å². The first kappa shape index (κ1) is 17.3. The monoisotopic (exact) mass is 378 g/mol. The topological polar surface area (TPSA) is 80.9 Å². The second-order valence-electron chi connectivity index (χ2n) is 7.91. The Morgan fingerprint density at radius 1 is 1.11 bits per heavy atom. The number of fused-ring (bicyclic) bond motifs is 1. The van der Waals surface area contributed by atoms with Crippen molar-refractivity contribution < 1.29 is 4.79 Å². The maximum Gasteiger partial charge on any atom is 0.225 e. The molecule has 0 spiro atoms. The van der Waals surface area contributed by atoms with Gasteiger partial charge in [-0.2, -0.15) is 5.10 Å². The van der Waals surface area contributed by atoms with Crippen LogP contribution in [0.2, 0.25) is 0 Å². The molecule has 0 radical (unpaired) electrons. The van der Waals surface area contributed by atoms with Crippen LogP contribution >= 0.6 is 0 Å². The molecule has 2 aliphatic rings. The van der Waals surface area contributed by atoms with Crippen molar-refractivity contribution in [3.8, 4) is 11.3 Å². The first-order valence-corrected chi connectivity index (χ1v) is 10.3. The van der Waals surface area contributed by atoms with Gasteiger partial charge in [-0.25, -0.2) is 4.98 Å². The first-order chi connectivity index (χ1) is 13.8. The molecule has 3 aromatic heterocycles. The number of nitrogens with one attached hydrogen (secondary N) is 2. The predicted octanol–water partition coefficient (Wildman–Crippen LogP) is 3.18. The normalized spacial score (nSPS) is 18.7. The third-order valence-corrected chi connectivity index (χ3v) is 6.20. The van der Waals surface area contributed by atoms with Gasteiger partial charge in [0.25, 0.3) is 0 Å². The molecule has 3 aromatic rings. The molecular formula is C21H26N6O. The molecule has 1 aliphatic heterocycles. The maximum atomic E-state index is 12.8. The number of aromatic nitrogens is 4. The average molecular weight is 378 g/mol. The van der Waals surface area contributed by atoms with E-state index in [4.69, 9.17) is 0 Å². The van der Waals surface area contributed by atoms with Gasteiger partial charge in [-0.3, -0.25) is 9.89 Å². The molecule has 1 aliphatic carbocycles. The number of carbonyl (C=O) groups is 1. The molecule has 0 atom stereocenters. The van der Waals surface area contributed by atoms with Gasteiger partial charge in [0.05, 0.1) is 11.9 Å². The fourth-order valence-corrected chi connectivity index (χ4v) is 4.62. The second kappa shape index (κ2) is 7.30. The molecule has 7 nitrogen and oxygen atoms in total. The van der Waals surface area contributed by atoms with Crippen LogP contribution < -0.4 is 4.90 Å². The van der Waals surface area contributed by atoms with E-state index >= 15 is 0 Å². The Balaban J connectivity index is 1.32. The number of pyridine rings is 1. The summed E-state index contributed by atoms with van der Waals surface area (Å²) in [6, 6.07) is 4.22. The van der Waals surface area contributed by atoms with Gasteiger partial charge in [0.2, 0.25) is 5.91 Å². The molecular weight excluding hydrogens is 352 g/mol. The van der Waals surface area contributed by atoms with Crippen molar-refractivity contribution in [3.63, 3.8) is 0 Å². The van der Waals surface area contributed by atoms with E-state index in [1.54, 1.807) is 6.20 Å². The summed E-state index contributed by atoms with van der Waals surface area (Å²) in [6.07, 6.45) is 11.4. The third-order valence-electron chi connectivity index (χ3n) is 6.20. The minimum absolute atomic E-state index is 0.259. The fourth-order valence-electron chi connectivity index (χ4n) is 4.62. The number of hydrogen-bond donors (Lipinski definition) is 2. The van der Waals surface area contributed by atoms with Crippen LogP contribution in [-0.4, -0.2) is 57.2 Å². The Kier molecular flexibility index (Phi) is 4.50. The number of carbonyl (C=O) groups excluding carboxylic acids is 1. The number of H-pyrrole nitrogens is 2. The van der Waals surface area contributed by atoms with Crippen molar-refractivity contribution in [1.82, 2.24) is 25.1 Å². The minimum atomic E-state index is 0.259. The van der Waals surface area contributed by atoms with E-state index in [0.717, 1.165) is 61.3 Å². The molecule has 146 valence electrons. The van der Waals surface area contributed by atoms with E-state index in [1.165, 1.54) is 24.9 Å².